The molecule has 0 atom stereocenters. The van der Waals surface area contributed by atoms with Gasteiger partial charge in [-0.2, -0.15) is 0 Å². The lowest BCUT2D eigenvalue weighted by Crippen LogP contribution is -2.14. The minimum absolute atomic E-state index is 0.0378. The van der Waals surface area contributed by atoms with Crippen molar-refractivity contribution < 1.29 is 0 Å². The van der Waals surface area contributed by atoms with Crippen LogP contribution >= 0.6 is 0 Å². The van der Waals surface area contributed by atoms with Gasteiger partial charge in [-0.1, -0.05) is 98.3 Å². The molecule has 4 aromatic carbocycles. The molecule has 0 saturated carbocycles. The van der Waals surface area contributed by atoms with Crippen LogP contribution in [-0.2, 0) is 5.41 Å². The third kappa shape index (κ3) is 2.60. The monoisotopic (exact) mass is 360 g/mol. The van der Waals surface area contributed by atoms with Crippen molar-refractivity contribution in [2.45, 2.75) is 26.2 Å². The van der Waals surface area contributed by atoms with Crippen molar-refractivity contribution in [3.05, 3.63) is 108 Å². The van der Waals surface area contributed by atoms with Gasteiger partial charge in [0.1, 0.15) is 0 Å². The molecule has 0 radical (unpaired) electrons. The van der Waals surface area contributed by atoms with Gasteiger partial charge in [0.15, 0.2) is 0 Å². The van der Waals surface area contributed by atoms with E-state index in [1.165, 1.54) is 50.1 Å². The van der Waals surface area contributed by atoms with E-state index in [0.717, 1.165) is 0 Å². The van der Waals surface area contributed by atoms with E-state index in [2.05, 4.69) is 112 Å². The largest absolute Gasteiger partial charge is 0.0619 e. The van der Waals surface area contributed by atoms with E-state index in [0.29, 0.717) is 0 Å². The Morgan fingerprint density at radius 1 is 0.500 bits per heavy atom. The van der Waals surface area contributed by atoms with Crippen LogP contribution in [0.1, 0.15) is 30.5 Å². The molecule has 4 aromatic rings. The second kappa shape index (κ2) is 6.21. The highest BCUT2D eigenvalue weighted by molar-refractivity contribution is 5.84. The molecule has 136 valence electrons. The Hall–Kier alpha value is -3.12. The Balaban J connectivity index is 1.62. The predicted octanol–water partition coefficient (Wildman–Crippen LogP) is 7.64. The van der Waals surface area contributed by atoms with Crippen LogP contribution in [0.2, 0.25) is 0 Å². The fourth-order valence-electron chi connectivity index (χ4n) is 4.59. The predicted molar refractivity (Wildman–Crippen MR) is 120 cm³/mol. The van der Waals surface area contributed by atoms with Gasteiger partial charge in [-0.25, -0.2) is 0 Å². The van der Waals surface area contributed by atoms with Crippen LogP contribution in [0.15, 0.2) is 91.0 Å². The van der Waals surface area contributed by atoms with Crippen LogP contribution < -0.4 is 0 Å². The van der Waals surface area contributed by atoms with Crippen molar-refractivity contribution in [3.8, 4) is 33.4 Å². The molecular weight excluding hydrogens is 336 g/mol. The first-order valence-corrected chi connectivity index (χ1v) is 9.96. The van der Waals surface area contributed by atoms with Gasteiger partial charge in [-0.3, -0.25) is 0 Å². The first kappa shape index (κ1) is 17.0. The van der Waals surface area contributed by atoms with E-state index in [9.17, 15) is 0 Å². The quantitative estimate of drug-likeness (QED) is 0.344. The van der Waals surface area contributed by atoms with Crippen LogP contribution in [0.4, 0.5) is 0 Å². The van der Waals surface area contributed by atoms with Crippen LogP contribution in [0.5, 0.6) is 0 Å². The van der Waals surface area contributed by atoms with E-state index in [4.69, 9.17) is 0 Å². The number of fused-ring (bicyclic) bond motifs is 3. The smallest absolute Gasteiger partial charge is 0.0159 e. The number of aryl methyl sites for hydroxylation is 1. The minimum atomic E-state index is 0.0378. The summed E-state index contributed by atoms with van der Waals surface area (Å²) >= 11 is 0. The lowest BCUT2D eigenvalue weighted by Gasteiger charge is -2.22. The zero-order valence-corrected chi connectivity index (χ0v) is 16.7. The summed E-state index contributed by atoms with van der Waals surface area (Å²) in [6.45, 7) is 6.82. The average Bonchev–Trinajstić information content (AvgIpc) is 2.95. The molecule has 0 spiro atoms. The lowest BCUT2D eigenvalue weighted by atomic mass is 9.81. The number of hydrogen-bond acceptors (Lipinski definition) is 0. The Kier molecular flexibility index (Phi) is 3.77. The first-order valence-electron chi connectivity index (χ1n) is 9.96. The van der Waals surface area contributed by atoms with Crippen molar-refractivity contribution in [1.82, 2.24) is 0 Å². The summed E-state index contributed by atoms with van der Waals surface area (Å²) in [5, 5.41) is 0. The summed E-state index contributed by atoms with van der Waals surface area (Å²) in [6.07, 6.45) is 0. The lowest BCUT2D eigenvalue weighted by molar-refractivity contribution is 0.660. The highest BCUT2D eigenvalue weighted by Gasteiger charge is 2.35. The van der Waals surface area contributed by atoms with E-state index in [1.807, 2.05) is 0 Å². The maximum absolute atomic E-state index is 2.39. The van der Waals surface area contributed by atoms with Crippen LogP contribution in [0.3, 0.4) is 0 Å². The molecule has 1 aliphatic carbocycles. The van der Waals surface area contributed by atoms with Crippen molar-refractivity contribution >= 4 is 0 Å². The van der Waals surface area contributed by atoms with Crippen LogP contribution in [0.25, 0.3) is 33.4 Å². The maximum Gasteiger partial charge on any atom is 0.0159 e. The van der Waals surface area contributed by atoms with Crippen molar-refractivity contribution in [1.29, 1.82) is 0 Å². The van der Waals surface area contributed by atoms with Gasteiger partial charge in [0, 0.05) is 5.41 Å². The molecule has 0 amide bonds. The fraction of sp³-hybridized carbons (Fsp3) is 0.143. The topological polar surface area (TPSA) is 0 Å². The van der Waals surface area contributed by atoms with Gasteiger partial charge in [0.05, 0.1) is 0 Å². The van der Waals surface area contributed by atoms with Gasteiger partial charge in [0.25, 0.3) is 0 Å². The Morgan fingerprint density at radius 2 is 1.11 bits per heavy atom. The molecular formula is C28H24. The normalized spacial score (nSPS) is 13.8. The fourth-order valence-corrected chi connectivity index (χ4v) is 4.59. The van der Waals surface area contributed by atoms with Gasteiger partial charge in [0.2, 0.25) is 0 Å². The summed E-state index contributed by atoms with van der Waals surface area (Å²) < 4.78 is 0. The van der Waals surface area contributed by atoms with E-state index in [-0.39, 0.29) is 5.41 Å². The number of hydrogen-bond donors (Lipinski definition) is 0. The van der Waals surface area contributed by atoms with E-state index < -0.39 is 0 Å². The average molecular weight is 361 g/mol. The maximum atomic E-state index is 2.39. The molecule has 0 heterocycles. The highest BCUT2D eigenvalue weighted by Crippen LogP contribution is 2.49. The Morgan fingerprint density at radius 3 is 1.86 bits per heavy atom. The van der Waals surface area contributed by atoms with Gasteiger partial charge >= 0.3 is 0 Å². The molecule has 0 bridgehead atoms. The molecule has 0 fully saturated rings. The molecule has 0 nitrogen and oxygen atoms in total. The number of benzene rings is 4. The second-order valence-corrected chi connectivity index (χ2v) is 8.38. The van der Waals surface area contributed by atoms with E-state index >= 15 is 0 Å². The third-order valence-electron chi connectivity index (χ3n) is 6.13. The minimum Gasteiger partial charge on any atom is -0.0619 e. The van der Waals surface area contributed by atoms with Crippen LogP contribution in [-0.4, -0.2) is 0 Å². The first-order chi connectivity index (χ1) is 13.5. The van der Waals surface area contributed by atoms with Gasteiger partial charge in [-0.05, 0) is 63.6 Å². The van der Waals surface area contributed by atoms with Crippen LogP contribution in [0, 0.1) is 6.92 Å². The summed E-state index contributed by atoms with van der Waals surface area (Å²) in [4.78, 5) is 0. The molecule has 0 heteroatoms. The van der Waals surface area contributed by atoms with Gasteiger partial charge < -0.3 is 0 Å². The Bertz CT molecular complexity index is 1190. The molecule has 0 unspecified atom stereocenters. The molecule has 0 aromatic heterocycles. The molecule has 0 saturated heterocycles. The molecule has 0 aliphatic heterocycles. The van der Waals surface area contributed by atoms with Crippen molar-refractivity contribution in [2.75, 3.05) is 0 Å². The summed E-state index contributed by atoms with van der Waals surface area (Å²) in [7, 11) is 0. The SMILES string of the molecule is Cc1cccc(-c2cccc(-c3ccc4c(c3)C(C)(C)c3ccccc3-4)c2)c1. The molecule has 5 rings (SSSR count). The van der Waals surface area contributed by atoms with Crippen molar-refractivity contribution in [3.63, 3.8) is 0 Å². The zero-order chi connectivity index (χ0) is 19.3. The second-order valence-electron chi connectivity index (χ2n) is 8.38. The van der Waals surface area contributed by atoms with Crippen molar-refractivity contribution in [2.24, 2.45) is 0 Å². The summed E-state index contributed by atoms with van der Waals surface area (Å²) in [5.41, 5.74) is 12.0. The standard InChI is InChI=1S/C28H24/c1-19-8-6-9-20(16-19)21-10-7-11-22(17-21)23-14-15-25-24-12-4-5-13-26(24)28(2,3)27(25)18-23/h4-18H,1-3H3. The molecule has 1 aliphatic rings. The zero-order valence-electron chi connectivity index (χ0n) is 16.7. The molecule has 28 heavy (non-hydrogen) atoms. The highest BCUT2D eigenvalue weighted by atomic mass is 14.4. The third-order valence-corrected chi connectivity index (χ3v) is 6.13. The number of rotatable bonds is 2. The summed E-state index contributed by atoms with van der Waals surface area (Å²) in [6, 6.07) is 33.4. The summed E-state index contributed by atoms with van der Waals surface area (Å²) in [5.74, 6) is 0. The molecule has 0 N–H and O–H groups in total. The Labute approximate surface area is 167 Å². The van der Waals surface area contributed by atoms with Gasteiger partial charge in [-0.15, -0.1) is 0 Å². The van der Waals surface area contributed by atoms with E-state index in [1.54, 1.807) is 0 Å².